The lowest BCUT2D eigenvalue weighted by Crippen LogP contribution is -2.49. The van der Waals surface area contributed by atoms with Gasteiger partial charge < -0.3 is 18.9 Å². The van der Waals surface area contributed by atoms with Crippen molar-refractivity contribution in [1.82, 2.24) is 4.90 Å². The molecule has 0 spiro atoms. The van der Waals surface area contributed by atoms with Gasteiger partial charge in [-0.1, -0.05) is 39.7 Å². The average molecular weight is 366 g/mol. The molecule has 26 heavy (non-hydrogen) atoms. The molecular formula is C21H35NO4. The normalized spacial score (nSPS) is 21.0. The zero-order valence-corrected chi connectivity index (χ0v) is 17.2. The van der Waals surface area contributed by atoms with Crippen molar-refractivity contribution in [1.29, 1.82) is 0 Å². The third-order valence-electron chi connectivity index (χ3n) is 5.07. The Bertz CT molecular complexity index is 561. The Morgan fingerprint density at radius 1 is 1.08 bits per heavy atom. The first-order valence-electron chi connectivity index (χ1n) is 9.69. The summed E-state index contributed by atoms with van der Waals surface area (Å²) in [6.07, 6.45) is 4.12. The number of unbranched alkanes of at least 4 members (excludes halogenated alkanes) is 1. The fourth-order valence-electron chi connectivity index (χ4n) is 3.57. The van der Waals surface area contributed by atoms with Gasteiger partial charge in [0.25, 0.3) is 0 Å². The monoisotopic (exact) mass is 365 g/mol. The Hall–Kier alpha value is -1.46. The molecule has 1 aromatic rings. The van der Waals surface area contributed by atoms with E-state index < -0.39 is 0 Å². The molecule has 1 aliphatic rings. The standard InChI is InChI=1S/C21H35NO4/c1-7-8-9-17-13-22(14-19(26-17)15(2)3)12-16-10-11-18(23-4)21(25-6)20(16)24-5/h10-11,15,17,19H,7-9,12-14H2,1-6H3/t17-,19-/m1/s1. The summed E-state index contributed by atoms with van der Waals surface area (Å²) in [5.41, 5.74) is 1.11. The van der Waals surface area contributed by atoms with Crippen molar-refractivity contribution in [2.24, 2.45) is 5.92 Å². The van der Waals surface area contributed by atoms with Crippen LogP contribution in [0.25, 0.3) is 0 Å². The summed E-state index contributed by atoms with van der Waals surface area (Å²) < 4.78 is 22.9. The summed E-state index contributed by atoms with van der Waals surface area (Å²) in [7, 11) is 4.97. The Kier molecular flexibility index (Phi) is 8.04. The molecular weight excluding hydrogens is 330 g/mol. The molecule has 0 radical (unpaired) electrons. The van der Waals surface area contributed by atoms with Crippen LogP contribution in [0.3, 0.4) is 0 Å². The van der Waals surface area contributed by atoms with Crippen LogP contribution in [-0.4, -0.2) is 51.5 Å². The first kappa shape index (κ1) is 20.8. The van der Waals surface area contributed by atoms with Gasteiger partial charge in [0.2, 0.25) is 5.75 Å². The highest BCUT2D eigenvalue weighted by molar-refractivity contribution is 5.55. The summed E-state index contributed by atoms with van der Waals surface area (Å²) in [6.45, 7) is 9.43. The number of nitrogens with zero attached hydrogens (tertiary/aromatic N) is 1. The second kappa shape index (κ2) is 10.0. The number of ether oxygens (including phenoxy) is 4. The smallest absolute Gasteiger partial charge is 0.203 e. The second-order valence-corrected chi connectivity index (χ2v) is 7.37. The van der Waals surface area contributed by atoms with Gasteiger partial charge in [-0.25, -0.2) is 0 Å². The van der Waals surface area contributed by atoms with Crippen molar-refractivity contribution in [2.45, 2.75) is 58.8 Å². The average Bonchev–Trinajstić information content (AvgIpc) is 2.65. The minimum Gasteiger partial charge on any atom is -0.493 e. The predicted octanol–water partition coefficient (Wildman–Crippen LogP) is 4.13. The molecule has 1 aromatic carbocycles. The van der Waals surface area contributed by atoms with Crippen molar-refractivity contribution < 1.29 is 18.9 Å². The molecule has 2 rings (SSSR count). The predicted molar refractivity (Wildman–Crippen MR) is 104 cm³/mol. The molecule has 0 N–H and O–H groups in total. The molecule has 0 aliphatic carbocycles. The van der Waals surface area contributed by atoms with Crippen molar-refractivity contribution in [3.05, 3.63) is 17.7 Å². The molecule has 2 atom stereocenters. The highest BCUT2D eigenvalue weighted by Gasteiger charge is 2.30. The van der Waals surface area contributed by atoms with Crippen molar-refractivity contribution in [3.8, 4) is 17.2 Å². The first-order valence-corrected chi connectivity index (χ1v) is 9.69. The van der Waals surface area contributed by atoms with Gasteiger partial charge in [-0.05, 0) is 18.4 Å². The highest BCUT2D eigenvalue weighted by Crippen LogP contribution is 2.40. The summed E-state index contributed by atoms with van der Waals surface area (Å²) in [5, 5.41) is 0. The maximum atomic E-state index is 6.34. The zero-order chi connectivity index (χ0) is 19.1. The lowest BCUT2D eigenvalue weighted by Gasteiger charge is -2.40. The fraction of sp³-hybridized carbons (Fsp3) is 0.714. The van der Waals surface area contributed by atoms with E-state index in [1.165, 1.54) is 12.8 Å². The van der Waals surface area contributed by atoms with Gasteiger partial charge in [-0.15, -0.1) is 0 Å². The molecule has 0 bridgehead atoms. The molecule has 148 valence electrons. The van der Waals surface area contributed by atoms with Crippen LogP contribution in [0.4, 0.5) is 0 Å². The maximum Gasteiger partial charge on any atom is 0.203 e. The summed E-state index contributed by atoms with van der Waals surface area (Å²) in [4.78, 5) is 2.48. The molecule has 1 saturated heterocycles. The van der Waals surface area contributed by atoms with Gasteiger partial charge in [-0.3, -0.25) is 4.90 Å². The van der Waals surface area contributed by atoms with E-state index in [1.54, 1.807) is 21.3 Å². The summed E-state index contributed by atoms with van der Waals surface area (Å²) in [6, 6.07) is 4.02. The largest absolute Gasteiger partial charge is 0.493 e. The van der Waals surface area contributed by atoms with E-state index in [1.807, 2.05) is 6.07 Å². The van der Waals surface area contributed by atoms with Crippen molar-refractivity contribution in [2.75, 3.05) is 34.4 Å². The zero-order valence-electron chi connectivity index (χ0n) is 17.2. The minimum absolute atomic E-state index is 0.275. The van der Waals surface area contributed by atoms with Gasteiger partial charge >= 0.3 is 0 Å². The number of benzene rings is 1. The lowest BCUT2D eigenvalue weighted by atomic mass is 10.0. The minimum atomic E-state index is 0.275. The molecule has 0 amide bonds. The number of hydrogen-bond acceptors (Lipinski definition) is 5. The van der Waals surface area contributed by atoms with Crippen LogP contribution in [0.15, 0.2) is 12.1 Å². The number of rotatable bonds is 9. The van der Waals surface area contributed by atoms with Crippen LogP contribution in [0.2, 0.25) is 0 Å². The van der Waals surface area contributed by atoms with Crippen LogP contribution in [-0.2, 0) is 11.3 Å². The molecule has 1 aliphatic heterocycles. The van der Waals surface area contributed by atoms with E-state index in [0.717, 1.165) is 37.4 Å². The summed E-state index contributed by atoms with van der Waals surface area (Å²) in [5.74, 6) is 2.61. The third kappa shape index (κ3) is 5.04. The van der Waals surface area contributed by atoms with Crippen LogP contribution in [0.1, 0.15) is 45.6 Å². The fourth-order valence-corrected chi connectivity index (χ4v) is 3.57. The highest BCUT2D eigenvalue weighted by atomic mass is 16.5. The van der Waals surface area contributed by atoms with Gasteiger partial charge in [-0.2, -0.15) is 0 Å². The number of hydrogen-bond donors (Lipinski definition) is 0. The molecule has 1 fully saturated rings. The molecule has 0 unspecified atom stereocenters. The first-order chi connectivity index (χ1) is 12.5. The number of morpholine rings is 1. The van der Waals surface area contributed by atoms with E-state index in [-0.39, 0.29) is 6.10 Å². The Balaban J connectivity index is 2.19. The lowest BCUT2D eigenvalue weighted by molar-refractivity contribution is -0.108. The van der Waals surface area contributed by atoms with E-state index in [9.17, 15) is 0 Å². The van der Waals surface area contributed by atoms with Crippen LogP contribution in [0, 0.1) is 5.92 Å². The van der Waals surface area contributed by atoms with Crippen molar-refractivity contribution in [3.63, 3.8) is 0 Å². The van der Waals surface area contributed by atoms with E-state index in [0.29, 0.717) is 23.5 Å². The van der Waals surface area contributed by atoms with Gasteiger partial charge in [0.15, 0.2) is 11.5 Å². The Labute approximate surface area is 158 Å². The SMILES string of the molecule is CCCC[C@@H]1CN(Cc2ccc(OC)c(OC)c2OC)C[C@H](C(C)C)O1. The second-order valence-electron chi connectivity index (χ2n) is 7.37. The molecule has 5 heteroatoms. The van der Waals surface area contributed by atoms with Gasteiger partial charge in [0.1, 0.15) is 0 Å². The summed E-state index contributed by atoms with van der Waals surface area (Å²) >= 11 is 0. The molecule has 5 nitrogen and oxygen atoms in total. The van der Waals surface area contributed by atoms with Gasteiger partial charge in [0, 0.05) is 25.2 Å². The Morgan fingerprint density at radius 2 is 1.81 bits per heavy atom. The Morgan fingerprint density at radius 3 is 2.38 bits per heavy atom. The van der Waals surface area contributed by atoms with Crippen molar-refractivity contribution >= 4 is 0 Å². The van der Waals surface area contributed by atoms with E-state index in [4.69, 9.17) is 18.9 Å². The third-order valence-corrected chi connectivity index (χ3v) is 5.07. The molecule has 0 saturated carbocycles. The molecule has 1 heterocycles. The van der Waals surface area contributed by atoms with Crippen LogP contribution >= 0.6 is 0 Å². The quantitative estimate of drug-likeness (QED) is 0.658. The maximum absolute atomic E-state index is 6.34. The van der Waals surface area contributed by atoms with Crippen LogP contribution < -0.4 is 14.2 Å². The number of methoxy groups -OCH3 is 3. The van der Waals surface area contributed by atoms with Crippen LogP contribution in [0.5, 0.6) is 17.2 Å². The van der Waals surface area contributed by atoms with Gasteiger partial charge in [0.05, 0.1) is 33.5 Å². The van der Waals surface area contributed by atoms with E-state index in [2.05, 4.69) is 31.7 Å². The topological polar surface area (TPSA) is 40.2 Å². The molecule has 0 aromatic heterocycles. The van der Waals surface area contributed by atoms with E-state index >= 15 is 0 Å².